The first-order valence-corrected chi connectivity index (χ1v) is 7.17. The molecular formula is C15H18N4O2. The topological polar surface area (TPSA) is 85.2 Å². The lowest BCUT2D eigenvalue weighted by Crippen LogP contribution is -2.47. The Morgan fingerprint density at radius 1 is 1.33 bits per heavy atom. The van der Waals surface area contributed by atoms with Crippen LogP contribution in [0, 0.1) is 0 Å². The van der Waals surface area contributed by atoms with Crippen LogP contribution in [0.4, 0.5) is 0 Å². The summed E-state index contributed by atoms with van der Waals surface area (Å²) < 4.78 is 4.72. The van der Waals surface area contributed by atoms with E-state index in [0.717, 1.165) is 31.4 Å². The van der Waals surface area contributed by atoms with Crippen molar-refractivity contribution in [1.29, 1.82) is 0 Å². The molecule has 1 amide bonds. The molecule has 6 heteroatoms. The summed E-state index contributed by atoms with van der Waals surface area (Å²) >= 11 is 0. The van der Waals surface area contributed by atoms with Gasteiger partial charge in [0.2, 0.25) is 12.2 Å². The second kappa shape index (κ2) is 6.05. The van der Waals surface area contributed by atoms with E-state index in [1.807, 2.05) is 17.0 Å². The first kappa shape index (κ1) is 13.8. The van der Waals surface area contributed by atoms with E-state index in [0.29, 0.717) is 17.9 Å². The third-order valence-electron chi connectivity index (χ3n) is 3.91. The van der Waals surface area contributed by atoms with Crippen LogP contribution >= 0.6 is 0 Å². The molecule has 1 aromatic carbocycles. The molecule has 0 bridgehead atoms. The SMILES string of the molecule is NC[C@H]1CCCCN1C(=O)c1ccc(-c2ncon2)cc1. The summed E-state index contributed by atoms with van der Waals surface area (Å²) in [5.41, 5.74) is 7.27. The van der Waals surface area contributed by atoms with Gasteiger partial charge in [0, 0.05) is 30.3 Å². The maximum absolute atomic E-state index is 12.6. The van der Waals surface area contributed by atoms with Crippen LogP contribution in [0.1, 0.15) is 29.6 Å². The first-order chi connectivity index (χ1) is 10.3. The van der Waals surface area contributed by atoms with Crippen LogP contribution in [0.5, 0.6) is 0 Å². The number of rotatable bonds is 3. The Kier molecular flexibility index (Phi) is 3.96. The normalized spacial score (nSPS) is 18.7. The Labute approximate surface area is 122 Å². The average Bonchev–Trinajstić information content (AvgIpc) is 3.09. The van der Waals surface area contributed by atoms with Gasteiger partial charge in [-0.05, 0) is 31.4 Å². The van der Waals surface area contributed by atoms with Gasteiger partial charge in [0.25, 0.3) is 5.91 Å². The molecule has 21 heavy (non-hydrogen) atoms. The van der Waals surface area contributed by atoms with E-state index in [9.17, 15) is 4.79 Å². The molecule has 2 heterocycles. The number of amides is 1. The lowest BCUT2D eigenvalue weighted by molar-refractivity contribution is 0.0623. The number of likely N-dealkylation sites (tertiary alicyclic amines) is 1. The summed E-state index contributed by atoms with van der Waals surface area (Å²) in [6.45, 7) is 1.31. The monoisotopic (exact) mass is 286 g/mol. The van der Waals surface area contributed by atoms with Crippen molar-refractivity contribution in [2.24, 2.45) is 5.73 Å². The standard InChI is InChI=1S/C15H18N4O2/c16-9-13-3-1-2-8-19(13)15(20)12-6-4-11(5-7-12)14-17-10-21-18-14/h4-7,10,13H,1-3,8-9,16H2/t13-/m1/s1. The van der Waals surface area contributed by atoms with Crippen molar-refractivity contribution >= 4 is 5.91 Å². The van der Waals surface area contributed by atoms with E-state index in [1.54, 1.807) is 12.1 Å². The van der Waals surface area contributed by atoms with Gasteiger partial charge in [-0.15, -0.1) is 0 Å². The molecule has 110 valence electrons. The summed E-state index contributed by atoms with van der Waals surface area (Å²) in [6, 6.07) is 7.42. The highest BCUT2D eigenvalue weighted by atomic mass is 16.5. The lowest BCUT2D eigenvalue weighted by Gasteiger charge is -2.35. The van der Waals surface area contributed by atoms with E-state index in [2.05, 4.69) is 10.1 Å². The van der Waals surface area contributed by atoms with Gasteiger partial charge in [0.1, 0.15) is 0 Å². The number of hydrogen-bond donors (Lipinski definition) is 1. The molecule has 1 aliphatic rings. The maximum atomic E-state index is 12.6. The molecule has 0 aliphatic carbocycles. The molecule has 0 spiro atoms. The first-order valence-electron chi connectivity index (χ1n) is 7.17. The molecule has 2 aromatic rings. The summed E-state index contributed by atoms with van der Waals surface area (Å²) in [5.74, 6) is 0.566. The van der Waals surface area contributed by atoms with Crippen LogP contribution in [-0.2, 0) is 0 Å². The number of hydrogen-bond acceptors (Lipinski definition) is 5. The molecule has 0 unspecified atom stereocenters. The quantitative estimate of drug-likeness (QED) is 0.928. The molecule has 0 saturated carbocycles. The van der Waals surface area contributed by atoms with Gasteiger partial charge in [-0.2, -0.15) is 4.98 Å². The van der Waals surface area contributed by atoms with E-state index in [1.165, 1.54) is 6.39 Å². The summed E-state index contributed by atoms with van der Waals surface area (Å²) in [6.07, 6.45) is 4.46. The van der Waals surface area contributed by atoms with Crippen molar-refractivity contribution in [3.05, 3.63) is 36.2 Å². The zero-order valence-electron chi connectivity index (χ0n) is 11.7. The predicted octanol–water partition coefficient (Wildman–Crippen LogP) is 1.69. The number of piperidine rings is 1. The largest absolute Gasteiger partial charge is 0.342 e. The Morgan fingerprint density at radius 2 is 2.14 bits per heavy atom. The van der Waals surface area contributed by atoms with Crippen molar-refractivity contribution in [2.75, 3.05) is 13.1 Å². The average molecular weight is 286 g/mol. The fourth-order valence-electron chi connectivity index (χ4n) is 2.74. The Morgan fingerprint density at radius 3 is 2.81 bits per heavy atom. The van der Waals surface area contributed by atoms with Gasteiger partial charge in [0.05, 0.1) is 0 Å². The highest BCUT2D eigenvalue weighted by Gasteiger charge is 2.26. The molecule has 1 aliphatic heterocycles. The Balaban J connectivity index is 1.78. The number of carbonyl (C=O) groups excluding carboxylic acids is 1. The molecule has 2 N–H and O–H groups in total. The molecule has 6 nitrogen and oxygen atoms in total. The van der Waals surface area contributed by atoms with E-state index in [4.69, 9.17) is 10.3 Å². The minimum absolute atomic E-state index is 0.0461. The molecular weight excluding hydrogens is 268 g/mol. The van der Waals surface area contributed by atoms with Gasteiger partial charge in [-0.25, -0.2) is 0 Å². The number of aromatic nitrogens is 2. The molecule has 1 aromatic heterocycles. The number of nitrogens with zero attached hydrogens (tertiary/aromatic N) is 3. The van der Waals surface area contributed by atoms with Gasteiger partial charge in [-0.3, -0.25) is 4.79 Å². The van der Waals surface area contributed by atoms with Crippen LogP contribution in [0.25, 0.3) is 11.4 Å². The lowest BCUT2D eigenvalue weighted by atomic mass is 10.0. The zero-order valence-corrected chi connectivity index (χ0v) is 11.7. The maximum Gasteiger partial charge on any atom is 0.254 e. The van der Waals surface area contributed by atoms with Crippen molar-refractivity contribution in [3.8, 4) is 11.4 Å². The molecule has 1 atom stereocenters. The third kappa shape index (κ3) is 2.80. The number of nitrogens with two attached hydrogens (primary N) is 1. The van der Waals surface area contributed by atoms with Crippen molar-refractivity contribution in [1.82, 2.24) is 15.0 Å². The van der Waals surface area contributed by atoms with Gasteiger partial charge in [-0.1, -0.05) is 17.3 Å². The molecule has 1 saturated heterocycles. The highest BCUT2D eigenvalue weighted by Crippen LogP contribution is 2.21. The van der Waals surface area contributed by atoms with Crippen molar-refractivity contribution < 1.29 is 9.32 Å². The predicted molar refractivity (Wildman–Crippen MR) is 77.5 cm³/mol. The van der Waals surface area contributed by atoms with Crippen LogP contribution in [-0.4, -0.2) is 40.1 Å². The minimum atomic E-state index is 0.0461. The second-order valence-electron chi connectivity index (χ2n) is 5.22. The Bertz CT molecular complexity index is 595. The summed E-state index contributed by atoms with van der Waals surface area (Å²) in [5, 5.41) is 3.78. The van der Waals surface area contributed by atoms with Gasteiger partial charge in [0.15, 0.2) is 0 Å². The minimum Gasteiger partial charge on any atom is -0.342 e. The smallest absolute Gasteiger partial charge is 0.254 e. The molecule has 1 fully saturated rings. The molecule has 3 rings (SSSR count). The van der Waals surface area contributed by atoms with Crippen molar-refractivity contribution in [2.45, 2.75) is 25.3 Å². The fourth-order valence-corrected chi connectivity index (χ4v) is 2.74. The Hall–Kier alpha value is -2.21. The summed E-state index contributed by atoms with van der Waals surface area (Å²) in [7, 11) is 0. The van der Waals surface area contributed by atoms with Crippen LogP contribution < -0.4 is 5.73 Å². The zero-order chi connectivity index (χ0) is 14.7. The second-order valence-corrected chi connectivity index (χ2v) is 5.22. The van der Waals surface area contributed by atoms with Crippen LogP contribution in [0.3, 0.4) is 0 Å². The number of benzene rings is 1. The highest BCUT2D eigenvalue weighted by molar-refractivity contribution is 5.95. The van der Waals surface area contributed by atoms with Crippen LogP contribution in [0.2, 0.25) is 0 Å². The number of carbonyl (C=O) groups is 1. The third-order valence-corrected chi connectivity index (χ3v) is 3.91. The summed E-state index contributed by atoms with van der Waals surface area (Å²) in [4.78, 5) is 18.5. The van der Waals surface area contributed by atoms with E-state index < -0.39 is 0 Å². The van der Waals surface area contributed by atoms with Crippen molar-refractivity contribution in [3.63, 3.8) is 0 Å². The van der Waals surface area contributed by atoms with Gasteiger partial charge < -0.3 is 15.2 Å². The fraction of sp³-hybridized carbons (Fsp3) is 0.400. The van der Waals surface area contributed by atoms with E-state index in [-0.39, 0.29) is 11.9 Å². The van der Waals surface area contributed by atoms with Crippen LogP contribution in [0.15, 0.2) is 35.2 Å². The van der Waals surface area contributed by atoms with Gasteiger partial charge >= 0.3 is 0 Å². The molecule has 0 radical (unpaired) electrons. The van der Waals surface area contributed by atoms with E-state index >= 15 is 0 Å².